The smallest absolute Gasteiger partial charge is 0.251 e. The summed E-state index contributed by atoms with van der Waals surface area (Å²) in [5, 5.41) is 0. The average molecular weight is 374 g/mol. The van der Waals surface area contributed by atoms with Crippen molar-refractivity contribution in [3.05, 3.63) is 87.8 Å². The van der Waals surface area contributed by atoms with Crippen LogP contribution in [0.1, 0.15) is 42.0 Å². The van der Waals surface area contributed by atoms with Crippen LogP contribution >= 0.6 is 0 Å². The van der Waals surface area contributed by atoms with Gasteiger partial charge in [0.25, 0.3) is 5.56 Å². The SMILES string of the molecule is Cc1cc(=O)[nH]c(-c2ccccc2CN2CCCC(c3ccccc3)CC2)n1. The van der Waals surface area contributed by atoms with E-state index in [-0.39, 0.29) is 5.56 Å². The summed E-state index contributed by atoms with van der Waals surface area (Å²) in [5.74, 6) is 1.31. The number of nitrogens with one attached hydrogen (secondary N) is 1. The molecule has 1 unspecified atom stereocenters. The molecular weight excluding hydrogens is 346 g/mol. The Morgan fingerprint density at radius 3 is 2.64 bits per heavy atom. The van der Waals surface area contributed by atoms with Gasteiger partial charge in [-0.1, -0.05) is 54.6 Å². The highest BCUT2D eigenvalue weighted by atomic mass is 16.1. The number of hydrogen-bond acceptors (Lipinski definition) is 3. The van der Waals surface area contributed by atoms with Gasteiger partial charge in [-0.25, -0.2) is 4.98 Å². The van der Waals surface area contributed by atoms with E-state index in [1.54, 1.807) is 0 Å². The van der Waals surface area contributed by atoms with Crippen LogP contribution < -0.4 is 5.56 Å². The van der Waals surface area contributed by atoms with E-state index in [9.17, 15) is 4.79 Å². The first-order valence-corrected chi connectivity index (χ1v) is 10.1. The summed E-state index contributed by atoms with van der Waals surface area (Å²) >= 11 is 0. The van der Waals surface area contributed by atoms with Crippen LogP contribution in [-0.2, 0) is 6.54 Å². The van der Waals surface area contributed by atoms with E-state index in [1.165, 1.54) is 36.5 Å². The molecule has 4 nitrogen and oxygen atoms in total. The van der Waals surface area contributed by atoms with E-state index in [1.807, 2.05) is 13.0 Å². The van der Waals surface area contributed by atoms with E-state index in [2.05, 4.69) is 63.4 Å². The normalized spacial score (nSPS) is 18.0. The van der Waals surface area contributed by atoms with Crippen LogP contribution in [0.2, 0.25) is 0 Å². The number of H-pyrrole nitrogens is 1. The van der Waals surface area contributed by atoms with Gasteiger partial charge in [-0.2, -0.15) is 0 Å². The first-order valence-electron chi connectivity index (χ1n) is 10.1. The van der Waals surface area contributed by atoms with E-state index in [0.717, 1.165) is 30.9 Å². The molecule has 0 bridgehead atoms. The summed E-state index contributed by atoms with van der Waals surface area (Å²) in [7, 11) is 0. The highest BCUT2D eigenvalue weighted by Gasteiger charge is 2.19. The minimum Gasteiger partial charge on any atom is -0.307 e. The Kier molecular flexibility index (Phi) is 5.68. The molecule has 1 N–H and O–H groups in total. The molecule has 144 valence electrons. The monoisotopic (exact) mass is 373 g/mol. The van der Waals surface area contributed by atoms with Crippen LogP contribution in [0.3, 0.4) is 0 Å². The molecule has 2 aromatic carbocycles. The van der Waals surface area contributed by atoms with Crippen LogP contribution in [0.5, 0.6) is 0 Å². The lowest BCUT2D eigenvalue weighted by molar-refractivity contribution is 0.276. The standard InChI is InChI=1S/C24H27N3O/c1-18-16-23(28)26-24(25-18)22-12-6-5-10-21(22)17-27-14-7-11-20(13-15-27)19-8-3-2-4-9-19/h2-6,8-10,12,16,20H,7,11,13-15,17H2,1H3,(H,25,26,28). The molecule has 1 atom stereocenters. The number of benzene rings is 2. The van der Waals surface area contributed by atoms with Crippen LogP contribution in [-0.4, -0.2) is 28.0 Å². The summed E-state index contributed by atoms with van der Waals surface area (Å²) in [6, 6.07) is 20.7. The fourth-order valence-electron chi connectivity index (χ4n) is 4.21. The molecule has 4 heteroatoms. The van der Waals surface area contributed by atoms with E-state index in [4.69, 9.17) is 0 Å². The Balaban J connectivity index is 1.51. The summed E-state index contributed by atoms with van der Waals surface area (Å²) in [6.45, 7) is 4.94. The molecule has 28 heavy (non-hydrogen) atoms. The molecule has 1 aromatic heterocycles. The molecule has 0 radical (unpaired) electrons. The van der Waals surface area contributed by atoms with Gasteiger partial charge < -0.3 is 4.98 Å². The average Bonchev–Trinajstić information content (AvgIpc) is 2.94. The van der Waals surface area contributed by atoms with Crippen LogP contribution in [0, 0.1) is 6.92 Å². The third-order valence-corrected chi connectivity index (χ3v) is 5.63. The zero-order valence-electron chi connectivity index (χ0n) is 16.4. The Bertz CT molecular complexity index is 980. The second-order valence-corrected chi connectivity index (χ2v) is 7.71. The minimum absolute atomic E-state index is 0.0993. The number of aromatic amines is 1. The fraction of sp³-hybridized carbons (Fsp3) is 0.333. The lowest BCUT2D eigenvalue weighted by Crippen LogP contribution is -2.24. The summed E-state index contributed by atoms with van der Waals surface area (Å²) < 4.78 is 0. The molecule has 1 fully saturated rings. The molecule has 4 rings (SSSR count). The summed E-state index contributed by atoms with van der Waals surface area (Å²) in [4.78, 5) is 21.9. The first kappa shape index (κ1) is 18.6. The van der Waals surface area contributed by atoms with E-state index in [0.29, 0.717) is 11.7 Å². The van der Waals surface area contributed by atoms with Gasteiger partial charge in [0.1, 0.15) is 5.82 Å². The van der Waals surface area contributed by atoms with Gasteiger partial charge in [0.05, 0.1) is 0 Å². The molecule has 2 heterocycles. The highest BCUT2D eigenvalue weighted by Crippen LogP contribution is 2.29. The predicted octanol–water partition coefficient (Wildman–Crippen LogP) is 4.52. The largest absolute Gasteiger partial charge is 0.307 e. The van der Waals surface area contributed by atoms with E-state index < -0.39 is 0 Å². The number of likely N-dealkylation sites (tertiary alicyclic amines) is 1. The van der Waals surface area contributed by atoms with Crippen LogP contribution in [0.4, 0.5) is 0 Å². The lowest BCUT2D eigenvalue weighted by Gasteiger charge is -2.22. The number of hydrogen-bond donors (Lipinski definition) is 1. The molecule has 1 aliphatic heterocycles. The molecular formula is C24H27N3O. The van der Waals surface area contributed by atoms with Crippen molar-refractivity contribution in [3.63, 3.8) is 0 Å². The Hall–Kier alpha value is -2.72. The van der Waals surface area contributed by atoms with Crippen molar-refractivity contribution in [2.75, 3.05) is 13.1 Å². The maximum atomic E-state index is 11.9. The molecule has 1 aliphatic rings. The lowest BCUT2D eigenvalue weighted by atomic mass is 9.92. The zero-order valence-corrected chi connectivity index (χ0v) is 16.4. The Labute approximate surface area is 166 Å². The van der Waals surface area contributed by atoms with Gasteiger partial charge in [0, 0.05) is 23.9 Å². The molecule has 3 aromatic rings. The first-order chi connectivity index (χ1) is 13.7. The van der Waals surface area contributed by atoms with Gasteiger partial charge in [0.15, 0.2) is 0 Å². The molecule has 0 saturated carbocycles. The summed E-state index contributed by atoms with van der Waals surface area (Å²) in [6.07, 6.45) is 3.64. The summed E-state index contributed by atoms with van der Waals surface area (Å²) in [5.41, 5.74) is 4.35. The molecule has 0 amide bonds. The van der Waals surface area contributed by atoms with E-state index >= 15 is 0 Å². The topological polar surface area (TPSA) is 49.0 Å². The van der Waals surface area contributed by atoms with Crippen molar-refractivity contribution in [2.24, 2.45) is 0 Å². The quantitative estimate of drug-likeness (QED) is 0.732. The van der Waals surface area contributed by atoms with Gasteiger partial charge >= 0.3 is 0 Å². The third kappa shape index (κ3) is 4.39. The van der Waals surface area contributed by atoms with Gasteiger partial charge in [-0.15, -0.1) is 0 Å². The maximum Gasteiger partial charge on any atom is 0.251 e. The zero-order chi connectivity index (χ0) is 19.3. The predicted molar refractivity (Wildman–Crippen MR) is 113 cm³/mol. The van der Waals surface area contributed by atoms with Gasteiger partial charge in [0.2, 0.25) is 0 Å². The minimum atomic E-state index is -0.0993. The number of aromatic nitrogens is 2. The molecule has 0 aliphatic carbocycles. The van der Waals surface area contributed by atoms with Crippen molar-refractivity contribution in [1.82, 2.24) is 14.9 Å². The fourth-order valence-corrected chi connectivity index (χ4v) is 4.21. The maximum absolute atomic E-state index is 11.9. The van der Waals surface area contributed by atoms with Crippen molar-refractivity contribution >= 4 is 0 Å². The number of rotatable bonds is 4. The van der Waals surface area contributed by atoms with Crippen LogP contribution in [0.25, 0.3) is 11.4 Å². The van der Waals surface area contributed by atoms with Crippen molar-refractivity contribution < 1.29 is 0 Å². The third-order valence-electron chi connectivity index (χ3n) is 5.63. The Morgan fingerprint density at radius 1 is 1.04 bits per heavy atom. The van der Waals surface area contributed by atoms with Crippen molar-refractivity contribution in [1.29, 1.82) is 0 Å². The highest BCUT2D eigenvalue weighted by molar-refractivity contribution is 5.60. The van der Waals surface area contributed by atoms with Crippen LogP contribution in [0.15, 0.2) is 65.5 Å². The second-order valence-electron chi connectivity index (χ2n) is 7.71. The second kappa shape index (κ2) is 8.53. The molecule has 1 saturated heterocycles. The number of aryl methyl sites for hydroxylation is 1. The van der Waals surface area contributed by atoms with Crippen molar-refractivity contribution in [2.45, 2.75) is 38.6 Å². The van der Waals surface area contributed by atoms with Gasteiger partial charge in [-0.3, -0.25) is 9.69 Å². The van der Waals surface area contributed by atoms with Crippen molar-refractivity contribution in [3.8, 4) is 11.4 Å². The number of nitrogens with zero attached hydrogens (tertiary/aromatic N) is 2. The van der Waals surface area contributed by atoms with Gasteiger partial charge in [-0.05, 0) is 56.3 Å². The Morgan fingerprint density at radius 2 is 1.82 bits per heavy atom. The molecule has 0 spiro atoms.